The minimum absolute atomic E-state index is 0.177. The first-order chi connectivity index (χ1) is 7.41. The van der Waals surface area contributed by atoms with Crippen LogP contribution in [0.4, 0.5) is 0 Å². The topological polar surface area (TPSA) is 35.6 Å². The Hall–Kier alpha value is -0.610. The molecule has 1 N–H and O–H groups in total. The van der Waals surface area contributed by atoms with Crippen molar-refractivity contribution in [2.75, 3.05) is 27.2 Å². The molecular formula is C12H25N3O. The summed E-state index contributed by atoms with van der Waals surface area (Å²) in [5, 5.41) is 3.20. The van der Waals surface area contributed by atoms with Crippen molar-refractivity contribution in [2.45, 2.75) is 39.4 Å². The second kappa shape index (κ2) is 5.64. The second-order valence-electron chi connectivity index (χ2n) is 5.40. The lowest BCUT2D eigenvalue weighted by Crippen LogP contribution is -2.48. The van der Waals surface area contributed by atoms with Crippen LogP contribution in [0.15, 0.2) is 0 Å². The monoisotopic (exact) mass is 227 g/mol. The van der Waals surface area contributed by atoms with Crippen LogP contribution in [-0.4, -0.2) is 55.1 Å². The van der Waals surface area contributed by atoms with Gasteiger partial charge < -0.3 is 9.80 Å². The Labute approximate surface area is 99.0 Å². The van der Waals surface area contributed by atoms with Gasteiger partial charge >= 0.3 is 0 Å². The predicted molar refractivity (Wildman–Crippen MR) is 66.1 cm³/mol. The van der Waals surface area contributed by atoms with Crippen molar-refractivity contribution < 1.29 is 4.79 Å². The third kappa shape index (κ3) is 3.46. The Morgan fingerprint density at radius 2 is 2.12 bits per heavy atom. The Balaban J connectivity index is 2.70. The van der Waals surface area contributed by atoms with E-state index in [1.807, 2.05) is 4.90 Å². The van der Waals surface area contributed by atoms with E-state index in [-0.39, 0.29) is 12.1 Å². The maximum atomic E-state index is 11.8. The molecule has 2 unspecified atom stereocenters. The van der Waals surface area contributed by atoms with Crippen molar-refractivity contribution in [1.29, 1.82) is 0 Å². The molecule has 0 saturated carbocycles. The number of carbonyl (C=O) groups is 1. The number of amides is 1. The van der Waals surface area contributed by atoms with Crippen LogP contribution < -0.4 is 5.32 Å². The van der Waals surface area contributed by atoms with E-state index in [9.17, 15) is 4.79 Å². The largest absolute Gasteiger partial charge is 0.322 e. The van der Waals surface area contributed by atoms with Gasteiger partial charge in [0.15, 0.2) is 0 Å². The van der Waals surface area contributed by atoms with Gasteiger partial charge in [0.05, 0.1) is 12.7 Å². The fourth-order valence-electron chi connectivity index (χ4n) is 2.40. The summed E-state index contributed by atoms with van der Waals surface area (Å²) in [6.45, 7) is 7.91. The number of hydrogen-bond acceptors (Lipinski definition) is 3. The van der Waals surface area contributed by atoms with E-state index in [2.05, 4.69) is 45.1 Å². The highest BCUT2D eigenvalue weighted by molar-refractivity contribution is 5.80. The molecule has 0 aromatic rings. The van der Waals surface area contributed by atoms with Crippen molar-refractivity contribution in [3.05, 3.63) is 0 Å². The molecule has 4 heteroatoms. The Bertz CT molecular complexity index is 230. The Morgan fingerprint density at radius 3 is 2.50 bits per heavy atom. The van der Waals surface area contributed by atoms with Gasteiger partial charge in [0.1, 0.15) is 0 Å². The average molecular weight is 227 g/mol. The maximum Gasteiger partial charge on any atom is 0.238 e. The highest BCUT2D eigenvalue weighted by Crippen LogP contribution is 2.17. The second-order valence-corrected chi connectivity index (χ2v) is 5.40. The number of nitrogens with one attached hydrogen (secondary N) is 1. The zero-order valence-electron chi connectivity index (χ0n) is 11.2. The van der Waals surface area contributed by atoms with Crippen LogP contribution in [0.25, 0.3) is 0 Å². The number of likely N-dealkylation sites (N-methyl/N-ethyl adjacent to an activating group) is 1. The van der Waals surface area contributed by atoms with Crippen LogP contribution >= 0.6 is 0 Å². The first-order valence-corrected chi connectivity index (χ1v) is 6.11. The third-order valence-corrected chi connectivity index (χ3v) is 2.97. The lowest BCUT2D eigenvalue weighted by atomic mass is 10.0. The van der Waals surface area contributed by atoms with E-state index in [1.165, 1.54) is 0 Å². The molecule has 0 spiro atoms. The molecule has 0 radical (unpaired) electrons. The molecule has 1 rings (SSSR count). The SMILES string of the molecule is CC(C)CC(CN(C)C)N1C(=O)CNC1C. The molecular weight excluding hydrogens is 202 g/mol. The maximum absolute atomic E-state index is 11.8. The van der Waals surface area contributed by atoms with Gasteiger partial charge in [-0.15, -0.1) is 0 Å². The van der Waals surface area contributed by atoms with Crippen molar-refractivity contribution in [1.82, 2.24) is 15.1 Å². The minimum Gasteiger partial charge on any atom is -0.322 e. The molecule has 4 nitrogen and oxygen atoms in total. The van der Waals surface area contributed by atoms with E-state index in [4.69, 9.17) is 0 Å². The lowest BCUT2D eigenvalue weighted by molar-refractivity contribution is -0.130. The molecule has 16 heavy (non-hydrogen) atoms. The Kier molecular flexibility index (Phi) is 4.74. The zero-order chi connectivity index (χ0) is 12.3. The highest BCUT2D eigenvalue weighted by Gasteiger charge is 2.33. The molecule has 0 aliphatic carbocycles. The first kappa shape index (κ1) is 13.5. The van der Waals surface area contributed by atoms with Crippen LogP contribution in [0, 0.1) is 5.92 Å². The summed E-state index contributed by atoms with van der Waals surface area (Å²) in [4.78, 5) is 16.0. The van der Waals surface area contributed by atoms with Gasteiger partial charge in [-0.05, 0) is 33.4 Å². The van der Waals surface area contributed by atoms with E-state index in [1.54, 1.807) is 0 Å². The van der Waals surface area contributed by atoms with Crippen molar-refractivity contribution in [3.8, 4) is 0 Å². The number of carbonyl (C=O) groups excluding carboxylic acids is 1. The molecule has 1 aliphatic rings. The highest BCUT2D eigenvalue weighted by atomic mass is 16.2. The standard InChI is InChI=1S/C12H25N3O/c1-9(2)6-11(8-14(4)5)15-10(3)13-7-12(15)16/h9-11,13H,6-8H2,1-5H3. The number of hydrogen-bond donors (Lipinski definition) is 1. The van der Waals surface area contributed by atoms with Gasteiger partial charge in [-0.1, -0.05) is 13.8 Å². The van der Waals surface area contributed by atoms with Crippen molar-refractivity contribution >= 4 is 5.91 Å². The average Bonchev–Trinajstić information content (AvgIpc) is 2.43. The zero-order valence-corrected chi connectivity index (χ0v) is 11.2. The van der Waals surface area contributed by atoms with Gasteiger partial charge in [0.2, 0.25) is 5.91 Å². The quantitative estimate of drug-likeness (QED) is 0.752. The van der Waals surface area contributed by atoms with Crippen molar-refractivity contribution in [3.63, 3.8) is 0 Å². The first-order valence-electron chi connectivity index (χ1n) is 6.11. The van der Waals surface area contributed by atoms with Gasteiger partial charge in [0, 0.05) is 12.6 Å². The molecule has 0 aromatic carbocycles. The summed E-state index contributed by atoms with van der Waals surface area (Å²) in [6, 6.07) is 0.326. The summed E-state index contributed by atoms with van der Waals surface area (Å²) >= 11 is 0. The van der Waals surface area contributed by atoms with Crippen molar-refractivity contribution in [2.24, 2.45) is 5.92 Å². The van der Waals surface area contributed by atoms with Crippen LogP contribution in [0.1, 0.15) is 27.2 Å². The summed E-state index contributed by atoms with van der Waals surface area (Å²) < 4.78 is 0. The minimum atomic E-state index is 0.177. The molecule has 2 atom stereocenters. The van der Waals surface area contributed by atoms with Gasteiger partial charge in [-0.3, -0.25) is 10.1 Å². The van der Waals surface area contributed by atoms with E-state index < -0.39 is 0 Å². The van der Waals surface area contributed by atoms with Gasteiger partial charge in [-0.2, -0.15) is 0 Å². The van der Waals surface area contributed by atoms with Crippen LogP contribution in [0.2, 0.25) is 0 Å². The van der Waals surface area contributed by atoms with E-state index in [0.717, 1.165) is 13.0 Å². The Morgan fingerprint density at radius 1 is 1.50 bits per heavy atom. The molecule has 0 bridgehead atoms. The summed E-state index contributed by atoms with van der Waals surface area (Å²) in [5.41, 5.74) is 0. The van der Waals surface area contributed by atoms with Crippen LogP contribution in [-0.2, 0) is 4.79 Å². The van der Waals surface area contributed by atoms with Crippen LogP contribution in [0.3, 0.4) is 0 Å². The molecule has 1 fully saturated rings. The van der Waals surface area contributed by atoms with E-state index in [0.29, 0.717) is 18.5 Å². The fraction of sp³-hybridized carbons (Fsp3) is 0.917. The van der Waals surface area contributed by atoms with Gasteiger partial charge in [0.25, 0.3) is 0 Å². The summed E-state index contributed by atoms with van der Waals surface area (Å²) in [7, 11) is 4.12. The molecule has 1 saturated heterocycles. The number of rotatable bonds is 5. The number of nitrogens with zero attached hydrogens (tertiary/aromatic N) is 2. The normalized spacial score (nSPS) is 23.6. The molecule has 0 aromatic heterocycles. The van der Waals surface area contributed by atoms with Gasteiger partial charge in [-0.25, -0.2) is 0 Å². The molecule has 94 valence electrons. The fourth-order valence-corrected chi connectivity index (χ4v) is 2.40. The van der Waals surface area contributed by atoms with E-state index >= 15 is 0 Å². The lowest BCUT2D eigenvalue weighted by Gasteiger charge is -2.34. The summed E-state index contributed by atoms with van der Waals surface area (Å²) in [6.07, 6.45) is 1.24. The van der Waals surface area contributed by atoms with Crippen LogP contribution in [0.5, 0.6) is 0 Å². The smallest absolute Gasteiger partial charge is 0.238 e. The summed E-state index contributed by atoms with van der Waals surface area (Å²) in [5.74, 6) is 0.852. The molecule has 1 heterocycles. The molecule has 1 amide bonds. The third-order valence-electron chi connectivity index (χ3n) is 2.97. The molecule has 1 aliphatic heterocycles. The predicted octanol–water partition coefficient (Wildman–Crippen LogP) is 0.741.